The van der Waals surface area contributed by atoms with Gasteiger partial charge in [0.25, 0.3) is 0 Å². The van der Waals surface area contributed by atoms with Gasteiger partial charge in [-0.1, -0.05) is 54.2 Å². The molecule has 0 spiro atoms. The second-order valence-electron chi connectivity index (χ2n) is 7.87. The number of thioether (sulfide) groups is 1. The van der Waals surface area contributed by atoms with Crippen molar-refractivity contribution in [2.45, 2.75) is 30.3 Å². The predicted octanol–water partition coefficient (Wildman–Crippen LogP) is 5.32. The van der Waals surface area contributed by atoms with Gasteiger partial charge in [-0.15, -0.1) is 10.2 Å². The Bertz CT molecular complexity index is 1260. The fourth-order valence-electron chi connectivity index (χ4n) is 3.62. The summed E-state index contributed by atoms with van der Waals surface area (Å²) >= 11 is 1.38. The number of ether oxygens (including phenoxy) is 2. The molecule has 1 amide bonds. The van der Waals surface area contributed by atoms with Gasteiger partial charge < -0.3 is 19.4 Å². The fourth-order valence-corrected chi connectivity index (χ4v) is 4.50. The Labute approximate surface area is 209 Å². The van der Waals surface area contributed by atoms with Gasteiger partial charge in [0.15, 0.2) is 11.0 Å². The molecule has 1 heterocycles. The van der Waals surface area contributed by atoms with Crippen LogP contribution in [0.25, 0.3) is 11.4 Å². The number of hydrogen-bond acceptors (Lipinski definition) is 6. The van der Waals surface area contributed by atoms with Crippen molar-refractivity contribution in [1.82, 2.24) is 14.8 Å². The van der Waals surface area contributed by atoms with E-state index >= 15 is 0 Å². The molecule has 7 nitrogen and oxygen atoms in total. The topological polar surface area (TPSA) is 78.3 Å². The van der Waals surface area contributed by atoms with Crippen molar-refractivity contribution in [3.05, 3.63) is 84.4 Å². The summed E-state index contributed by atoms with van der Waals surface area (Å²) in [6.07, 6.45) is 0.807. The number of nitrogens with zero attached hydrogens (tertiary/aromatic N) is 3. The fraction of sp³-hybridized carbons (Fsp3) is 0.222. The van der Waals surface area contributed by atoms with E-state index in [1.54, 1.807) is 14.2 Å². The Morgan fingerprint density at radius 2 is 1.66 bits per heavy atom. The summed E-state index contributed by atoms with van der Waals surface area (Å²) in [6, 6.07) is 25.3. The number of rotatable bonds is 10. The average molecular weight is 489 g/mol. The molecule has 0 radical (unpaired) electrons. The minimum atomic E-state index is -0.387. The normalized spacial score (nSPS) is 11.6. The zero-order valence-electron chi connectivity index (χ0n) is 20.0. The van der Waals surface area contributed by atoms with E-state index in [0.717, 1.165) is 23.5 Å². The number of anilines is 1. The van der Waals surface area contributed by atoms with E-state index in [1.165, 1.54) is 17.3 Å². The number of carbonyl (C=O) groups is 1. The zero-order valence-corrected chi connectivity index (χ0v) is 20.8. The van der Waals surface area contributed by atoms with E-state index in [-0.39, 0.29) is 11.2 Å². The molecule has 35 heavy (non-hydrogen) atoms. The van der Waals surface area contributed by atoms with Crippen molar-refractivity contribution < 1.29 is 14.3 Å². The summed E-state index contributed by atoms with van der Waals surface area (Å²) in [7, 11) is 3.25. The molecule has 1 unspecified atom stereocenters. The molecule has 0 aliphatic rings. The third-order valence-corrected chi connectivity index (χ3v) is 6.62. The van der Waals surface area contributed by atoms with E-state index < -0.39 is 0 Å². The minimum Gasteiger partial charge on any atom is -0.497 e. The number of nitrogens with one attached hydrogen (secondary N) is 1. The molecule has 0 bridgehead atoms. The SMILES string of the molecule is COc1ccc(NC(=O)C(C)Sc2nnc(-c3ccccc3OC)n2CCc2ccccc2)cc1. The molecule has 0 fully saturated rings. The summed E-state index contributed by atoms with van der Waals surface area (Å²) in [4.78, 5) is 12.9. The van der Waals surface area contributed by atoms with Crippen molar-refractivity contribution in [3.8, 4) is 22.9 Å². The number of amides is 1. The lowest BCUT2D eigenvalue weighted by Gasteiger charge is -2.15. The van der Waals surface area contributed by atoms with Gasteiger partial charge in [0.1, 0.15) is 11.5 Å². The van der Waals surface area contributed by atoms with Crippen LogP contribution in [0.4, 0.5) is 5.69 Å². The summed E-state index contributed by atoms with van der Waals surface area (Å²) in [5.74, 6) is 2.06. The molecular formula is C27H28N4O3S. The van der Waals surface area contributed by atoms with Crippen molar-refractivity contribution in [3.63, 3.8) is 0 Å². The number of aromatic nitrogens is 3. The first-order valence-corrected chi connectivity index (χ1v) is 12.2. The molecule has 8 heteroatoms. The van der Waals surface area contributed by atoms with Crippen LogP contribution in [0.3, 0.4) is 0 Å². The molecule has 4 aromatic rings. The highest BCUT2D eigenvalue weighted by Crippen LogP contribution is 2.32. The first kappa shape index (κ1) is 24.3. The monoisotopic (exact) mass is 488 g/mol. The van der Waals surface area contributed by atoms with Crippen LogP contribution in [0, 0.1) is 0 Å². The lowest BCUT2D eigenvalue weighted by Crippen LogP contribution is -2.23. The van der Waals surface area contributed by atoms with Gasteiger partial charge in [-0.05, 0) is 55.3 Å². The number of para-hydroxylation sites is 1. The maximum Gasteiger partial charge on any atom is 0.237 e. The van der Waals surface area contributed by atoms with Crippen molar-refractivity contribution in [2.24, 2.45) is 0 Å². The predicted molar refractivity (Wildman–Crippen MR) is 139 cm³/mol. The van der Waals surface area contributed by atoms with Gasteiger partial charge in [0.2, 0.25) is 5.91 Å². The van der Waals surface area contributed by atoms with Crippen LogP contribution in [0.2, 0.25) is 0 Å². The summed E-state index contributed by atoms with van der Waals surface area (Å²) in [5, 5.41) is 12.2. The van der Waals surface area contributed by atoms with Crippen LogP contribution < -0.4 is 14.8 Å². The van der Waals surface area contributed by atoms with Crippen LogP contribution in [-0.2, 0) is 17.8 Å². The molecule has 4 rings (SSSR count). The first-order valence-electron chi connectivity index (χ1n) is 11.3. The van der Waals surface area contributed by atoms with Crippen LogP contribution in [-0.4, -0.2) is 40.1 Å². The Kier molecular flexibility index (Phi) is 8.05. The van der Waals surface area contributed by atoms with Gasteiger partial charge in [-0.25, -0.2) is 0 Å². The Hall–Kier alpha value is -3.78. The first-order chi connectivity index (χ1) is 17.1. The van der Waals surface area contributed by atoms with Crippen LogP contribution in [0.15, 0.2) is 84.0 Å². The highest BCUT2D eigenvalue weighted by atomic mass is 32.2. The van der Waals surface area contributed by atoms with Crippen LogP contribution in [0.5, 0.6) is 11.5 Å². The molecule has 3 aromatic carbocycles. The summed E-state index contributed by atoms with van der Waals surface area (Å²) < 4.78 is 12.8. The van der Waals surface area contributed by atoms with Gasteiger partial charge in [-0.3, -0.25) is 4.79 Å². The average Bonchev–Trinajstić information content (AvgIpc) is 3.30. The van der Waals surface area contributed by atoms with Crippen LogP contribution in [0.1, 0.15) is 12.5 Å². The van der Waals surface area contributed by atoms with E-state index in [4.69, 9.17) is 9.47 Å². The number of benzene rings is 3. The third-order valence-electron chi connectivity index (χ3n) is 5.54. The largest absolute Gasteiger partial charge is 0.497 e. The second kappa shape index (κ2) is 11.6. The summed E-state index contributed by atoms with van der Waals surface area (Å²) in [6.45, 7) is 2.53. The molecule has 1 N–H and O–H groups in total. The summed E-state index contributed by atoms with van der Waals surface area (Å²) in [5.41, 5.74) is 2.79. The molecule has 0 saturated heterocycles. The molecule has 1 aromatic heterocycles. The van der Waals surface area contributed by atoms with Crippen molar-refractivity contribution in [2.75, 3.05) is 19.5 Å². The van der Waals surface area contributed by atoms with Gasteiger partial charge in [0.05, 0.1) is 25.0 Å². The van der Waals surface area contributed by atoms with Crippen molar-refractivity contribution >= 4 is 23.4 Å². The van der Waals surface area contributed by atoms with E-state index in [0.29, 0.717) is 23.2 Å². The molecule has 0 aliphatic heterocycles. The Morgan fingerprint density at radius 1 is 0.943 bits per heavy atom. The molecule has 0 aliphatic carbocycles. The quantitative estimate of drug-likeness (QED) is 0.304. The molecular weight excluding hydrogens is 460 g/mol. The maximum absolute atomic E-state index is 12.9. The smallest absolute Gasteiger partial charge is 0.237 e. The van der Waals surface area contributed by atoms with Gasteiger partial charge in [-0.2, -0.15) is 0 Å². The van der Waals surface area contributed by atoms with Crippen molar-refractivity contribution in [1.29, 1.82) is 0 Å². The Balaban J connectivity index is 1.56. The highest BCUT2D eigenvalue weighted by molar-refractivity contribution is 8.00. The third kappa shape index (κ3) is 6.02. The second-order valence-corrected chi connectivity index (χ2v) is 9.18. The van der Waals surface area contributed by atoms with E-state index in [9.17, 15) is 4.79 Å². The zero-order chi connectivity index (χ0) is 24.6. The molecule has 1 atom stereocenters. The van der Waals surface area contributed by atoms with Gasteiger partial charge in [0, 0.05) is 12.2 Å². The lowest BCUT2D eigenvalue weighted by atomic mass is 10.1. The number of aryl methyl sites for hydroxylation is 1. The van der Waals surface area contributed by atoms with Crippen LogP contribution >= 0.6 is 11.8 Å². The van der Waals surface area contributed by atoms with E-state index in [1.807, 2.05) is 73.7 Å². The number of hydrogen-bond donors (Lipinski definition) is 1. The number of methoxy groups -OCH3 is 2. The molecule has 0 saturated carbocycles. The lowest BCUT2D eigenvalue weighted by molar-refractivity contribution is -0.115. The Morgan fingerprint density at radius 3 is 2.37 bits per heavy atom. The standard InChI is InChI=1S/C27H28N4O3S/c1-19(26(32)28-21-13-15-22(33-2)16-14-21)35-27-30-29-25(23-11-7-8-12-24(23)34-3)31(27)18-17-20-9-5-4-6-10-20/h4-16,19H,17-18H2,1-3H3,(H,28,32). The maximum atomic E-state index is 12.9. The van der Waals surface area contributed by atoms with Gasteiger partial charge >= 0.3 is 0 Å². The number of carbonyl (C=O) groups excluding carboxylic acids is 1. The minimum absolute atomic E-state index is 0.114. The highest BCUT2D eigenvalue weighted by Gasteiger charge is 2.22. The van der Waals surface area contributed by atoms with E-state index in [2.05, 4.69) is 32.2 Å². The molecule has 180 valence electrons.